The number of alkyl halides is 3. The molecule has 0 radical (unpaired) electrons. The Morgan fingerprint density at radius 1 is 1.04 bits per heavy atom. The highest BCUT2D eigenvalue weighted by molar-refractivity contribution is 7.12. The van der Waals surface area contributed by atoms with Gasteiger partial charge in [-0.3, -0.25) is 4.79 Å². The van der Waals surface area contributed by atoms with E-state index in [1.807, 2.05) is 0 Å². The molecule has 0 bridgehead atoms. The van der Waals surface area contributed by atoms with Gasteiger partial charge >= 0.3 is 6.18 Å². The zero-order chi connectivity index (χ0) is 19.4. The van der Waals surface area contributed by atoms with E-state index in [1.54, 1.807) is 11.4 Å². The molecule has 0 fully saturated rings. The van der Waals surface area contributed by atoms with E-state index in [0.717, 1.165) is 17.7 Å². The van der Waals surface area contributed by atoms with Crippen molar-refractivity contribution in [2.75, 3.05) is 5.32 Å². The van der Waals surface area contributed by atoms with Gasteiger partial charge in [0.05, 0.1) is 10.4 Å². The van der Waals surface area contributed by atoms with E-state index in [0.29, 0.717) is 10.6 Å². The van der Waals surface area contributed by atoms with Crippen LogP contribution in [0.4, 0.5) is 23.2 Å². The van der Waals surface area contributed by atoms with Crippen molar-refractivity contribution in [2.45, 2.75) is 12.8 Å². The maximum Gasteiger partial charge on any atom is 0.416 e. The predicted molar refractivity (Wildman–Crippen MR) is 94.4 cm³/mol. The average molecular weight is 395 g/mol. The highest BCUT2D eigenvalue weighted by Gasteiger charge is 2.30. The minimum Gasteiger partial charge on any atom is -0.489 e. The SMILES string of the molecule is O=C(Nc1ccc(C(F)(F)F)cc1)c1cc(COc2ccc(F)cc2)cs1. The molecule has 3 aromatic rings. The van der Waals surface area contributed by atoms with Crippen molar-refractivity contribution < 1.29 is 27.1 Å². The van der Waals surface area contributed by atoms with E-state index in [-0.39, 0.29) is 18.1 Å². The third kappa shape index (κ3) is 5.07. The molecule has 27 heavy (non-hydrogen) atoms. The van der Waals surface area contributed by atoms with Crippen LogP contribution < -0.4 is 10.1 Å². The number of ether oxygens (including phenoxy) is 1. The molecule has 1 heterocycles. The van der Waals surface area contributed by atoms with Gasteiger partial charge in [0, 0.05) is 11.3 Å². The largest absolute Gasteiger partial charge is 0.489 e. The van der Waals surface area contributed by atoms with Crippen molar-refractivity contribution in [3.63, 3.8) is 0 Å². The van der Waals surface area contributed by atoms with Crippen LogP contribution in [0.15, 0.2) is 60.0 Å². The fraction of sp³-hybridized carbons (Fsp3) is 0.105. The highest BCUT2D eigenvalue weighted by atomic mass is 32.1. The Hall–Kier alpha value is -2.87. The fourth-order valence-corrected chi connectivity index (χ4v) is 2.99. The summed E-state index contributed by atoms with van der Waals surface area (Å²) in [6.45, 7) is 0.204. The average Bonchev–Trinajstić information content (AvgIpc) is 3.10. The molecule has 3 nitrogen and oxygen atoms in total. The summed E-state index contributed by atoms with van der Waals surface area (Å²) in [6, 6.07) is 11.4. The van der Waals surface area contributed by atoms with Gasteiger partial charge in [-0.25, -0.2) is 4.39 Å². The summed E-state index contributed by atoms with van der Waals surface area (Å²) in [5.74, 6) is -0.286. The molecule has 0 saturated heterocycles. The molecular weight excluding hydrogens is 382 g/mol. The topological polar surface area (TPSA) is 38.3 Å². The Labute approximate surface area is 156 Å². The van der Waals surface area contributed by atoms with E-state index in [9.17, 15) is 22.4 Å². The third-order valence-corrected chi connectivity index (χ3v) is 4.54. The number of nitrogens with one attached hydrogen (secondary N) is 1. The van der Waals surface area contributed by atoms with Crippen LogP contribution in [-0.4, -0.2) is 5.91 Å². The second kappa shape index (κ2) is 7.79. The smallest absolute Gasteiger partial charge is 0.416 e. The second-order valence-corrected chi connectivity index (χ2v) is 6.50. The lowest BCUT2D eigenvalue weighted by atomic mass is 10.2. The number of benzene rings is 2. The molecule has 0 aliphatic carbocycles. The molecule has 0 saturated carbocycles. The van der Waals surface area contributed by atoms with Gasteiger partial charge in [0.2, 0.25) is 0 Å². The number of anilines is 1. The number of amides is 1. The maximum absolute atomic E-state index is 12.8. The molecule has 1 amide bonds. The minimum absolute atomic E-state index is 0.204. The molecule has 0 unspecified atom stereocenters. The summed E-state index contributed by atoms with van der Waals surface area (Å²) in [4.78, 5) is 12.6. The first kappa shape index (κ1) is 18.9. The van der Waals surface area contributed by atoms with Gasteiger partial charge in [0.15, 0.2) is 0 Å². The van der Waals surface area contributed by atoms with Crippen LogP contribution in [0.2, 0.25) is 0 Å². The quantitative estimate of drug-likeness (QED) is 0.560. The van der Waals surface area contributed by atoms with Crippen LogP contribution in [0.5, 0.6) is 5.75 Å². The molecule has 0 aliphatic heterocycles. The summed E-state index contributed by atoms with van der Waals surface area (Å²) in [6.07, 6.45) is -4.42. The van der Waals surface area contributed by atoms with E-state index in [1.165, 1.54) is 47.7 Å². The van der Waals surface area contributed by atoms with Crippen LogP contribution in [0.1, 0.15) is 20.8 Å². The Kier molecular flexibility index (Phi) is 5.46. The van der Waals surface area contributed by atoms with Crippen molar-refractivity contribution in [2.24, 2.45) is 0 Å². The van der Waals surface area contributed by atoms with Gasteiger partial charge in [-0.2, -0.15) is 13.2 Å². The van der Waals surface area contributed by atoms with Gasteiger partial charge in [0.1, 0.15) is 18.2 Å². The summed E-state index contributed by atoms with van der Waals surface area (Å²) in [5.41, 5.74) is 0.240. The van der Waals surface area contributed by atoms with Gasteiger partial charge in [-0.15, -0.1) is 11.3 Å². The van der Waals surface area contributed by atoms with Crippen molar-refractivity contribution in [3.8, 4) is 5.75 Å². The Balaban J connectivity index is 1.58. The van der Waals surface area contributed by atoms with Crippen molar-refractivity contribution >= 4 is 22.9 Å². The number of carbonyl (C=O) groups is 1. The van der Waals surface area contributed by atoms with E-state index < -0.39 is 17.6 Å². The van der Waals surface area contributed by atoms with Crippen LogP contribution >= 0.6 is 11.3 Å². The van der Waals surface area contributed by atoms with Crippen molar-refractivity contribution in [3.05, 3.63) is 81.8 Å². The summed E-state index contributed by atoms with van der Waals surface area (Å²) in [5, 5.41) is 4.29. The molecule has 140 valence electrons. The third-order valence-electron chi connectivity index (χ3n) is 3.57. The molecule has 0 spiro atoms. The lowest BCUT2D eigenvalue weighted by Crippen LogP contribution is -2.11. The number of hydrogen-bond acceptors (Lipinski definition) is 3. The highest BCUT2D eigenvalue weighted by Crippen LogP contribution is 2.30. The maximum atomic E-state index is 12.8. The molecule has 3 rings (SSSR count). The fourth-order valence-electron chi connectivity index (χ4n) is 2.20. The molecule has 1 aromatic heterocycles. The zero-order valence-electron chi connectivity index (χ0n) is 13.7. The van der Waals surface area contributed by atoms with Crippen LogP contribution in [0.3, 0.4) is 0 Å². The monoisotopic (exact) mass is 395 g/mol. The number of carbonyl (C=O) groups excluding carboxylic acids is 1. The van der Waals surface area contributed by atoms with Gasteiger partial charge in [-0.1, -0.05) is 0 Å². The summed E-state index contributed by atoms with van der Waals surface area (Å²) in [7, 11) is 0. The Bertz CT molecular complexity index is 918. The summed E-state index contributed by atoms with van der Waals surface area (Å²) < 4.78 is 56.0. The molecule has 0 aliphatic rings. The molecule has 1 N–H and O–H groups in total. The van der Waals surface area contributed by atoms with Gasteiger partial charge < -0.3 is 10.1 Å². The Morgan fingerprint density at radius 2 is 1.70 bits per heavy atom. The first-order valence-electron chi connectivity index (χ1n) is 7.75. The molecule has 8 heteroatoms. The van der Waals surface area contributed by atoms with Crippen LogP contribution in [0.25, 0.3) is 0 Å². The lowest BCUT2D eigenvalue weighted by Gasteiger charge is -2.08. The van der Waals surface area contributed by atoms with Crippen molar-refractivity contribution in [1.82, 2.24) is 0 Å². The predicted octanol–water partition coefficient (Wildman–Crippen LogP) is 5.74. The van der Waals surface area contributed by atoms with E-state index in [4.69, 9.17) is 4.74 Å². The standard InChI is InChI=1S/C19H13F4NO2S/c20-14-3-7-16(8-4-14)26-10-12-9-17(27-11-12)18(25)24-15-5-1-13(2-6-15)19(21,22)23/h1-9,11H,10H2,(H,24,25). The van der Waals surface area contributed by atoms with Crippen LogP contribution in [0, 0.1) is 5.82 Å². The normalized spacial score (nSPS) is 11.3. The number of rotatable bonds is 5. The first-order chi connectivity index (χ1) is 12.8. The number of halogens is 4. The lowest BCUT2D eigenvalue weighted by molar-refractivity contribution is -0.137. The first-order valence-corrected chi connectivity index (χ1v) is 8.63. The second-order valence-electron chi connectivity index (χ2n) is 5.59. The molecule has 0 atom stereocenters. The number of thiophene rings is 1. The van der Waals surface area contributed by atoms with Crippen LogP contribution in [-0.2, 0) is 12.8 Å². The van der Waals surface area contributed by atoms with Gasteiger partial charge in [-0.05, 0) is 60.0 Å². The van der Waals surface area contributed by atoms with E-state index >= 15 is 0 Å². The van der Waals surface area contributed by atoms with Crippen molar-refractivity contribution in [1.29, 1.82) is 0 Å². The number of hydrogen-bond donors (Lipinski definition) is 1. The van der Waals surface area contributed by atoms with E-state index in [2.05, 4.69) is 5.32 Å². The summed E-state index contributed by atoms with van der Waals surface area (Å²) >= 11 is 1.19. The molecular formula is C19H13F4NO2S. The molecule has 2 aromatic carbocycles. The zero-order valence-corrected chi connectivity index (χ0v) is 14.5. The minimum atomic E-state index is -4.42. The van der Waals surface area contributed by atoms with Gasteiger partial charge in [0.25, 0.3) is 5.91 Å². The Morgan fingerprint density at radius 3 is 2.33 bits per heavy atom.